The Morgan fingerprint density at radius 3 is 2.24 bits per heavy atom. The van der Waals surface area contributed by atoms with Crippen molar-refractivity contribution in [2.24, 2.45) is 0 Å². The molecule has 0 aromatic heterocycles. The number of nitrogens with one attached hydrogen (secondary N) is 2. The number of hydrogen-bond donors (Lipinski definition) is 2. The number of rotatable bonds is 8. The molecule has 0 spiro atoms. The van der Waals surface area contributed by atoms with Gasteiger partial charge in [0, 0.05) is 18.7 Å². The molecule has 0 saturated carbocycles. The van der Waals surface area contributed by atoms with Crippen molar-refractivity contribution in [2.75, 3.05) is 6.54 Å². The molecule has 2 N–H and O–H groups in total. The van der Waals surface area contributed by atoms with E-state index in [2.05, 4.69) is 10.0 Å². The van der Waals surface area contributed by atoms with Crippen LogP contribution in [0.3, 0.4) is 0 Å². The second-order valence-corrected chi connectivity index (χ2v) is 8.63. The van der Waals surface area contributed by atoms with Gasteiger partial charge in [-0.05, 0) is 35.2 Å². The fourth-order valence-electron chi connectivity index (χ4n) is 2.91. The lowest BCUT2D eigenvalue weighted by Crippen LogP contribution is -2.28. The molecule has 29 heavy (non-hydrogen) atoms. The van der Waals surface area contributed by atoms with Crippen molar-refractivity contribution < 1.29 is 13.2 Å². The highest BCUT2D eigenvalue weighted by atomic mass is 32.2. The lowest BCUT2D eigenvalue weighted by molar-refractivity contribution is 0.0951. The molecule has 0 aliphatic carbocycles. The highest BCUT2D eigenvalue weighted by molar-refractivity contribution is 7.89. The second-order valence-electron chi connectivity index (χ2n) is 6.86. The van der Waals surface area contributed by atoms with Gasteiger partial charge in [0.1, 0.15) is 0 Å². The number of carbonyl (C=O) groups is 1. The number of amides is 1. The van der Waals surface area contributed by atoms with Crippen LogP contribution in [0, 0.1) is 0 Å². The minimum Gasteiger partial charge on any atom is -0.351 e. The molecule has 150 valence electrons. The largest absolute Gasteiger partial charge is 0.351 e. The van der Waals surface area contributed by atoms with Crippen LogP contribution >= 0.6 is 0 Å². The van der Waals surface area contributed by atoms with Crippen molar-refractivity contribution in [2.45, 2.75) is 24.3 Å². The average molecular weight is 409 g/mol. The molecule has 6 heteroatoms. The summed E-state index contributed by atoms with van der Waals surface area (Å²) in [5, 5.41) is 2.88. The molecule has 0 bridgehead atoms. The van der Waals surface area contributed by atoms with E-state index in [1.807, 2.05) is 67.6 Å². The molecule has 1 atom stereocenters. The third kappa shape index (κ3) is 5.76. The third-order valence-corrected chi connectivity index (χ3v) is 6.05. The number of benzene rings is 3. The van der Waals surface area contributed by atoms with Crippen molar-refractivity contribution in [3.05, 3.63) is 102 Å². The molecular formula is C23H24N2O3S. The number of sulfonamides is 1. The molecule has 5 nitrogen and oxygen atoms in total. The number of hydrogen-bond acceptors (Lipinski definition) is 3. The Labute approximate surface area is 171 Å². The SMILES string of the molecule is C[C@@H](CNC(=O)c1cccc(S(=O)(=O)NCc2ccccc2)c1)c1ccccc1. The molecule has 1 amide bonds. The van der Waals surface area contributed by atoms with Crippen LogP contribution in [0.5, 0.6) is 0 Å². The lowest BCUT2D eigenvalue weighted by Gasteiger charge is -2.13. The first-order chi connectivity index (χ1) is 14.0. The van der Waals surface area contributed by atoms with E-state index < -0.39 is 10.0 Å². The van der Waals surface area contributed by atoms with Crippen molar-refractivity contribution in [3.8, 4) is 0 Å². The lowest BCUT2D eigenvalue weighted by atomic mass is 10.0. The third-order valence-electron chi connectivity index (χ3n) is 4.65. The predicted molar refractivity (Wildman–Crippen MR) is 114 cm³/mol. The molecule has 0 radical (unpaired) electrons. The van der Waals surface area contributed by atoms with Crippen LogP contribution in [0.4, 0.5) is 0 Å². The topological polar surface area (TPSA) is 75.3 Å². The molecule has 0 aliphatic rings. The van der Waals surface area contributed by atoms with Gasteiger partial charge < -0.3 is 5.32 Å². The minimum absolute atomic E-state index is 0.0668. The zero-order valence-electron chi connectivity index (χ0n) is 16.2. The van der Waals surface area contributed by atoms with Crippen LogP contribution in [-0.4, -0.2) is 20.9 Å². The molecule has 0 heterocycles. The first-order valence-electron chi connectivity index (χ1n) is 9.42. The van der Waals surface area contributed by atoms with E-state index in [4.69, 9.17) is 0 Å². The van der Waals surface area contributed by atoms with Crippen molar-refractivity contribution >= 4 is 15.9 Å². The van der Waals surface area contributed by atoms with Gasteiger partial charge in [-0.1, -0.05) is 73.7 Å². The Kier molecular flexibility index (Phi) is 6.80. The van der Waals surface area contributed by atoms with Gasteiger partial charge in [0.2, 0.25) is 10.0 Å². The van der Waals surface area contributed by atoms with E-state index in [1.54, 1.807) is 12.1 Å². The zero-order chi connectivity index (χ0) is 20.7. The smallest absolute Gasteiger partial charge is 0.251 e. The van der Waals surface area contributed by atoms with Gasteiger partial charge in [0.25, 0.3) is 5.91 Å². The van der Waals surface area contributed by atoms with Crippen LogP contribution in [0.2, 0.25) is 0 Å². The Morgan fingerprint density at radius 2 is 1.55 bits per heavy atom. The van der Waals surface area contributed by atoms with Gasteiger partial charge in [-0.3, -0.25) is 4.79 Å². The van der Waals surface area contributed by atoms with Crippen LogP contribution in [-0.2, 0) is 16.6 Å². The Morgan fingerprint density at radius 1 is 0.897 bits per heavy atom. The van der Waals surface area contributed by atoms with Crippen molar-refractivity contribution in [3.63, 3.8) is 0 Å². The Hall–Kier alpha value is -2.96. The van der Waals surface area contributed by atoms with Gasteiger partial charge in [-0.2, -0.15) is 0 Å². The maximum Gasteiger partial charge on any atom is 0.251 e. The zero-order valence-corrected chi connectivity index (χ0v) is 17.0. The summed E-state index contributed by atoms with van der Waals surface area (Å²) in [4.78, 5) is 12.6. The summed E-state index contributed by atoms with van der Waals surface area (Å²) in [5.41, 5.74) is 2.31. The Balaban J connectivity index is 1.64. The minimum atomic E-state index is -3.72. The van der Waals surface area contributed by atoms with E-state index in [-0.39, 0.29) is 23.3 Å². The van der Waals surface area contributed by atoms with Gasteiger partial charge >= 0.3 is 0 Å². The number of carbonyl (C=O) groups excluding carboxylic acids is 1. The maximum atomic E-state index is 12.6. The summed E-state index contributed by atoms with van der Waals surface area (Å²) >= 11 is 0. The van der Waals surface area contributed by atoms with E-state index in [9.17, 15) is 13.2 Å². The van der Waals surface area contributed by atoms with Crippen molar-refractivity contribution in [1.29, 1.82) is 0 Å². The van der Waals surface area contributed by atoms with Crippen LogP contribution < -0.4 is 10.0 Å². The van der Waals surface area contributed by atoms with Gasteiger partial charge in [0.05, 0.1) is 4.90 Å². The molecule has 0 aliphatic heterocycles. The maximum absolute atomic E-state index is 12.6. The molecule has 0 saturated heterocycles. The average Bonchev–Trinajstić information content (AvgIpc) is 2.77. The molecule has 3 aromatic rings. The fraction of sp³-hybridized carbons (Fsp3) is 0.174. The molecule has 3 aromatic carbocycles. The highest BCUT2D eigenvalue weighted by Gasteiger charge is 2.16. The summed E-state index contributed by atoms with van der Waals surface area (Å²) in [6, 6.07) is 25.2. The van der Waals surface area contributed by atoms with E-state index in [0.29, 0.717) is 12.1 Å². The second kappa shape index (κ2) is 9.49. The van der Waals surface area contributed by atoms with Crippen molar-refractivity contribution in [1.82, 2.24) is 10.0 Å². The van der Waals surface area contributed by atoms with Crippen LogP contribution in [0.25, 0.3) is 0 Å². The summed E-state index contributed by atoms with van der Waals surface area (Å²) < 4.78 is 27.7. The molecule has 0 unspecified atom stereocenters. The monoisotopic (exact) mass is 408 g/mol. The summed E-state index contributed by atoms with van der Waals surface area (Å²) in [6.07, 6.45) is 0. The first kappa shape index (κ1) is 20.8. The normalized spacial score (nSPS) is 12.3. The van der Waals surface area contributed by atoms with Gasteiger partial charge in [0.15, 0.2) is 0 Å². The quantitative estimate of drug-likeness (QED) is 0.597. The molecule has 3 rings (SSSR count). The predicted octanol–water partition coefficient (Wildman–Crippen LogP) is 3.70. The standard InChI is InChI=1S/C23H24N2O3S/c1-18(20-11-6-3-7-12-20)16-24-23(26)21-13-8-14-22(15-21)29(27,28)25-17-19-9-4-2-5-10-19/h2-15,18,25H,16-17H2,1H3,(H,24,26)/t18-/m0/s1. The highest BCUT2D eigenvalue weighted by Crippen LogP contribution is 2.15. The van der Waals surface area contributed by atoms with Crippen LogP contribution in [0.1, 0.15) is 34.3 Å². The van der Waals surface area contributed by atoms with Crippen LogP contribution in [0.15, 0.2) is 89.8 Å². The van der Waals surface area contributed by atoms with Gasteiger partial charge in [-0.25, -0.2) is 13.1 Å². The molecule has 0 fully saturated rings. The first-order valence-corrected chi connectivity index (χ1v) is 10.9. The Bertz CT molecular complexity index is 1050. The van der Waals surface area contributed by atoms with E-state index >= 15 is 0 Å². The summed E-state index contributed by atoms with van der Waals surface area (Å²) in [7, 11) is -3.72. The van der Waals surface area contributed by atoms with Gasteiger partial charge in [-0.15, -0.1) is 0 Å². The fourth-order valence-corrected chi connectivity index (χ4v) is 3.97. The van der Waals surface area contributed by atoms with E-state index in [1.165, 1.54) is 12.1 Å². The molecular weight excluding hydrogens is 384 g/mol. The summed E-state index contributed by atoms with van der Waals surface area (Å²) in [6.45, 7) is 2.68. The summed E-state index contributed by atoms with van der Waals surface area (Å²) in [5.74, 6) is -0.146. The van der Waals surface area contributed by atoms with E-state index in [0.717, 1.165) is 11.1 Å².